The summed E-state index contributed by atoms with van der Waals surface area (Å²) in [5, 5.41) is 0. The van der Waals surface area contributed by atoms with Crippen LogP contribution in [0.2, 0.25) is 0 Å². The van der Waals surface area contributed by atoms with Crippen molar-refractivity contribution in [2.24, 2.45) is 0 Å². The summed E-state index contributed by atoms with van der Waals surface area (Å²) in [5.74, 6) is 0.220. The number of aryl methyl sites for hydroxylation is 1. The second-order valence-corrected chi connectivity index (χ2v) is 4.30. The molecule has 0 aliphatic carbocycles. The number of rotatable bonds is 4. The molecule has 0 unspecified atom stereocenters. The first-order valence-corrected chi connectivity index (χ1v) is 5.86. The van der Waals surface area contributed by atoms with Crippen LogP contribution in [0.25, 0.3) is 0 Å². The maximum Gasteiger partial charge on any atom is 0.573 e. The lowest BCUT2D eigenvalue weighted by molar-refractivity contribution is -0.275. The van der Waals surface area contributed by atoms with Crippen LogP contribution in [0.1, 0.15) is 12.0 Å². The Balaban J connectivity index is 2.94. The Bertz CT molecular complexity index is 354. The fourth-order valence-corrected chi connectivity index (χ4v) is 1.86. The highest BCUT2D eigenvalue weighted by molar-refractivity contribution is 9.10. The smallest absolute Gasteiger partial charge is 0.404 e. The van der Waals surface area contributed by atoms with E-state index in [4.69, 9.17) is 11.6 Å². The topological polar surface area (TPSA) is 9.23 Å². The molecule has 0 aromatic heterocycles. The van der Waals surface area contributed by atoms with Gasteiger partial charge in [0, 0.05) is 5.88 Å². The van der Waals surface area contributed by atoms with Crippen molar-refractivity contribution in [1.82, 2.24) is 0 Å². The maximum absolute atomic E-state index is 12.2. The second-order valence-electron chi connectivity index (χ2n) is 3.07. The molecule has 0 bridgehead atoms. The first-order valence-electron chi connectivity index (χ1n) is 4.53. The molecule has 0 fully saturated rings. The van der Waals surface area contributed by atoms with Gasteiger partial charge in [-0.15, -0.1) is 24.8 Å². The number of benzene rings is 1. The number of para-hydroxylation sites is 1. The van der Waals surface area contributed by atoms with Crippen molar-refractivity contribution in [1.29, 1.82) is 0 Å². The van der Waals surface area contributed by atoms with E-state index in [2.05, 4.69) is 20.7 Å². The Kier molecular flexibility index (Phi) is 4.92. The van der Waals surface area contributed by atoms with E-state index < -0.39 is 6.36 Å². The van der Waals surface area contributed by atoms with E-state index in [0.29, 0.717) is 24.3 Å². The van der Waals surface area contributed by atoms with Gasteiger partial charge in [0.2, 0.25) is 0 Å². The lowest BCUT2D eigenvalue weighted by Crippen LogP contribution is -2.18. The SMILES string of the molecule is FC(F)(F)Oc1c(Br)cccc1CCCCl. The van der Waals surface area contributed by atoms with Gasteiger partial charge >= 0.3 is 6.36 Å². The minimum Gasteiger partial charge on any atom is -0.404 e. The zero-order chi connectivity index (χ0) is 12.2. The van der Waals surface area contributed by atoms with E-state index in [1.807, 2.05) is 0 Å². The number of alkyl halides is 4. The Morgan fingerprint density at radius 1 is 1.31 bits per heavy atom. The molecule has 0 atom stereocenters. The van der Waals surface area contributed by atoms with Crippen molar-refractivity contribution in [3.8, 4) is 5.75 Å². The van der Waals surface area contributed by atoms with Crippen molar-refractivity contribution >= 4 is 27.5 Å². The molecular formula is C10H9BrClF3O. The quantitative estimate of drug-likeness (QED) is 0.742. The van der Waals surface area contributed by atoms with E-state index in [1.165, 1.54) is 6.07 Å². The van der Waals surface area contributed by atoms with Gasteiger partial charge in [-0.1, -0.05) is 12.1 Å². The summed E-state index contributed by atoms with van der Waals surface area (Å²) in [6, 6.07) is 4.76. The first-order chi connectivity index (χ1) is 7.44. The summed E-state index contributed by atoms with van der Waals surface area (Å²) >= 11 is 8.54. The number of hydrogen-bond acceptors (Lipinski definition) is 1. The van der Waals surface area contributed by atoms with Crippen LogP contribution < -0.4 is 4.74 Å². The van der Waals surface area contributed by atoms with Crippen molar-refractivity contribution < 1.29 is 17.9 Å². The molecule has 1 nitrogen and oxygen atoms in total. The van der Waals surface area contributed by atoms with E-state index in [0.717, 1.165) is 0 Å². The van der Waals surface area contributed by atoms with Crippen molar-refractivity contribution in [3.05, 3.63) is 28.2 Å². The Labute approximate surface area is 105 Å². The molecule has 1 rings (SSSR count). The molecule has 0 radical (unpaired) electrons. The minimum absolute atomic E-state index is 0.180. The normalized spacial score (nSPS) is 11.6. The van der Waals surface area contributed by atoms with Crippen molar-refractivity contribution in [3.63, 3.8) is 0 Å². The second kappa shape index (κ2) is 5.77. The standard InChI is InChI=1S/C10H9BrClF3O/c11-8-5-1-3-7(4-2-6-12)9(8)16-10(13,14)15/h1,3,5H,2,4,6H2. The monoisotopic (exact) mass is 316 g/mol. The molecule has 0 heterocycles. The van der Waals surface area contributed by atoms with Crippen LogP contribution in [-0.2, 0) is 6.42 Å². The maximum atomic E-state index is 12.2. The molecule has 0 saturated carbocycles. The van der Waals surface area contributed by atoms with Gasteiger partial charge < -0.3 is 4.74 Å². The average Bonchev–Trinajstić information content (AvgIpc) is 2.17. The summed E-state index contributed by atoms with van der Waals surface area (Å²) in [5.41, 5.74) is 0.493. The van der Waals surface area contributed by atoms with Gasteiger partial charge in [0.25, 0.3) is 0 Å². The summed E-state index contributed by atoms with van der Waals surface area (Å²) in [6.07, 6.45) is -3.62. The van der Waals surface area contributed by atoms with Gasteiger partial charge in [-0.25, -0.2) is 0 Å². The number of hydrogen-bond donors (Lipinski definition) is 0. The Morgan fingerprint density at radius 2 is 2.00 bits per heavy atom. The predicted molar refractivity (Wildman–Crippen MR) is 59.9 cm³/mol. The molecule has 16 heavy (non-hydrogen) atoms. The molecule has 0 aliphatic heterocycles. The van der Waals surface area contributed by atoms with Gasteiger partial charge in [0.1, 0.15) is 5.75 Å². The lowest BCUT2D eigenvalue weighted by Gasteiger charge is -2.14. The van der Waals surface area contributed by atoms with E-state index >= 15 is 0 Å². The fraction of sp³-hybridized carbons (Fsp3) is 0.400. The summed E-state index contributed by atoms with van der Waals surface area (Å²) in [6.45, 7) is 0. The minimum atomic E-state index is -4.68. The van der Waals surface area contributed by atoms with Gasteiger partial charge in [-0.05, 0) is 40.4 Å². The summed E-state index contributed by atoms with van der Waals surface area (Å²) < 4.78 is 40.7. The first kappa shape index (κ1) is 13.6. The van der Waals surface area contributed by atoms with Crippen LogP contribution in [-0.4, -0.2) is 12.2 Å². The van der Waals surface area contributed by atoms with Crippen LogP contribution >= 0.6 is 27.5 Å². The largest absolute Gasteiger partial charge is 0.573 e. The van der Waals surface area contributed by atoms with Crippen molar-refractivity contribution in [2.45, 2.75) is 19.2 Å². The third-order valence-corrected chi connectivity index (χ3v) is 2.74. The third-order valence-electron chi connectivity index (χ3n) is 1.85. The molecule has 6 heteroatoms. The highest BCUT2D eigenvalue weighted by Crippen LogP contribution is 2.34. The van der Waals surface area contributed by atoms with E-state index in [9.17, 15) is 13.2 Å². The molecule has 1 aromatic carbocycles. The average molecular weight is 318 g/mol. The van der Waals surface area contributed by atoms with Crippen molar-refractivity contribution in [2.75, 3.05) is 5.88 Å². The summed E-state index contributed by atoms with van der Waals surface area (Å²) in [7, 11) is 0. The van der Waals surface area contributed by atoms with Crippen LogP contribution in [0, 0.1) is 0 Å². The van der Waals surface area contributed by atoms with Gasteiger partial charge in [0.15, 0.2) is 0 Å². The van der Waals surface area contributed by atoms with Gasteiger partial charge in [-0.3, -0.25) is 0 Å². The van der Waals surface area contributed by atoms with Crippen LogP contribution in [0.3, 0.4) is 0 Å². The molecule has 90 valence electrons. The van der Waals surface area contributed by atoms with E-state index in [1.54, 1.807) is 12.1 Å². The van der Waals surface area contributed by atoms with E-state index in [-0.39, 0.29) is 10.2 Å². The highest BCUT2D eigenvalue weighted by atomic mass is 79.9. The van der Waals surface area contributed by atoms with Crippen LogP contribution in [0.4, 0.5) is 13.2 Å². The molecule has 0 amide bonds. The molecule has 0 saturated heterocycles. The Hall–Kier alpha value is -0.420. The molecule has 1 aromatic rings. The lowest BCUT2D eigenvalue weighted by atomic mass is 10.1. The zero-order valence-corrected chi connectivity index (χ0v) is 10.5. The molecule has 0 N–H and O–H groups in total. The third kappa shape index (κ3) is 4.22. The number of halogens is 5. The molecular weight excluding hydrogens is 308 g/mol. The predicted octanol–water partition coefficient (Wildman–Crippen LogP) is 4.52. The molecule has 0 spiro atoms. The van der Waals surface area contributed by atoms with Crippen LogP contribution in [0.15, 0.2) is 22.7 Å². The zero-order valence-electron chi connectivity index (χ0n) is 8.15. The Morgan fingerprint density at radius 3 is 2.56 bits per heavy atom. The van der Waals surface area contributed by atoms with Gasteiger partial charge in [-0.2, -0.15) is 0 Å². The van der Waals surface area contributed by atoms with Gasteiger partial charge in [0.05, 0.1) is 4.47 Å². The highest BCUT2D eigenvalue weighted by Gasteiger charge is 2.32. The van der Waals surface area contributed by atoms with Crippen LogP contribution in [0.5, 0.6) is 5.75 Å². The molecule has 0 aliphatic rings. The summed E-state index contributed by atoms with van der Waals surface area (Å²) in [4.78, 5) is 0. The fourth-order valence-electron chi connectivity index (χ4n) is 1.24. The number of ether oxygens (including phenoxy) is 1.